The molecule has 15 heavy (non-hydrogen) atoms. The highest BCUT2D eigenvalue weighted by Gasteiger charge is 2.50. The van der Waals surface area contributed by atoms with Crippen LogP contribution in [0.25, 0.3) is 0 Å². The van der Waals surface area contributed by atoms with Crippen LogP contribution in [0.2, 0.25) is 0 Å². The summed E-state index contributed by atoms with van der Waals surface area (Å²) in [5.74, 6) is 0. The van der Waals surface area contributed by atoms with E-state index in [-0.39, 0.29) is 11.7 Å². The van der Waals surface area contributed by atoms with E-state index in [2.05, 4.69) is 0 Å². The van der Waals surface area contributed by atoms with E-state index in [4.69, 9.17) is 9.47 Å². The van der Waals surface area contributed by atoms with Gasteiger partial charge in [-0.15, -0.1) is 0 Å². The van der Waals surface area contributed by atoms with Crippen molar-refractivity contribution in [2.75, 3.05) is 33.1 Å². The molecule has 88 valence electrons. The fourth-order valence-corrected chi connectivity index (χ4v) is 3.17. The SMILES string of the molecule is CO[C@H]1CCOC2(C1)CN(S(C)(=O)=O)C2. The molecule has 0 saturated carbocycles. The Hall–Kier alpha value is -0.170. The van der Waals surface area contributed by atoms with E-state index in [0.29, 0.717) is 19.7 Å². The fourth-order valence-electron chi connectivity index (χ4n) is 2.24. The van der Waals surface area contributed by atoms with Crippen molar-refractivity contribution in [3.05, 3.63) is 0 Å². The molecule has 0 aliphatic carbocycles. The van der Waals surface area contributed by atoms with Crippen LogP contribution in [0.1, 0.15) is 12.8 Å². The van der Waals surface area contributed by atoms with Gasteiger partial charge in [0, 0.05) is 33.2 Å². The van der Waals surface area contributed by atoms with Crippen LogP contribution in [0.15, 0.2) is 0 Å². The van der Waals surface area contributed by atoms with Gasteiger partial charge in [-0.05, 0) is 6.42 Å². The van der Waals surface area contributed by atoms with E-state index in [1.165, 1.54) is 10.6 Å². The van der Waals surface area contributed by atoms with Crippen molar-refractivity contribution in [3.8, 4) is 0 Å². The molecule has 2 rings (SSSR count). The Kier molecular flexibility index (Phi) is 2.79. The van der Waals surface area contributed by atoms with Crippen molar-refractivity contribution in [2.45, 2.75) is 24.5 Å². The van der Waals surface area contributed by atoms with Crippen LogP contribution in [-0.4, -0.2) is 57.5 Å². The van der Waals surface area contributed by atoms with E-state index in [1.54, 1.807) is 7.11 Å². The number of methoxy groups -OCH3 is 1. The number of sulfonamides is 1. The second-order valence-electron chi connectivity index (χ2n) is 4.41. The van der Waals surface area contributed by atoms with Crippen molar-refractivity contribution in [1.82, 2.24) is 4.31 Å². The lowest BCUT2D eigenvalue weighted by atomic mass is 9.86. The van der Waals surface area contributed by atoms with Gasteiger partial charge in [-0.2, -0.15) is 4.31 Å². The van der Waals surface area contributed by atoms with Crippen LogP contribution in [0.3, 0.4) is 0 Å². The quantitative estimate of drug-likeness (QED) is 0.666. The molecule has 1 atom stereocenters. The predicted molar refractivity (Wildman–Crippen MR) is 55.1 cm³/mol. The Morgan fingerprint density at radius 3 is 2.67 bits per heavy atom. The fraction of sp³-hybridized carbons (Fsp3) is 1.00. The lowest BCUT2D eigenvalue weighted by Crippen LogP contribution is -2.66. The van der Waals surface area contributed by atoms with Gasteiger partial charge >= 0.3 is 0 Å². The van der Waals surface area contributed by atoms with Gasteiger partial charge in [0.05, 0.1) is 18.0 Å². The van der Waals surface area contributed by atoms with E-state index in [1.807, 2.05) is 0 Å². The summed E-state index contributed by atoms with van der Waals surface area (Å²) < 4.78 is 34.9. The number of nitrogens with zero attached hydrogens (tertiary/aromatic N) is 1. The minimum Gasteiger partial charge on any atom is -0.381 e. The van der Waals surface area contributed by atoms with Gasteiger partial charge in [0.15, 0.2) is 0 Å². The van der Waals surface area contributed by atoms with Gasteiger partial charge in [-0.1, -0.05) is 0 Å². The van der Waals surface area contributed by atoms with Gasteiger partial charge in [0.2, 0.25) is 10.0 Å². The van der Waals surface area contributed by atoms with Crippen molar-refractivity contribution in [3.63, 3.8) is 0 Å². The Morgan fingerprint density at radius 1 is 1.47 bits per heavy atom. The van der Waals surface area contributed by atoms with Crippen LogP contribution >= 0.6 is 0 Å². The summed E-state index contributed by atoms with van der Waals surface area (Å²) in [5, 5.41) is 0. The van der Waals surface area contributed by atoms with Crippen LogP contribution in [0.5, 0.6) is 0 Å². The highest BCUT2D eigenvalue weighted by molar-refractivity contribution is 7.88. The molecule has 0 amide bonds. The minimum absolute atomic E-state index is 0.209. The van der Waals surface area contributed by atoms with Crippen molar-refractivity contribution >= 4 is 10.0 Å². The molecule has 2 heterocycles. The highest BCUT2D eigenvalue weighted by Crippen LogP contribution is 2.36. The first-order valence-electron chi connectivity index (χ1n) is 5.07. The third kappa shape index (κ3) is 2.18. The predicted octanol–water partition coefficient (Wildman–Crippen LogP) is -0.174. The highest BCUT2D eigenvalue weighted by atomic mass is 32.2. The third-order valence-electron chi connectivity index (χ3n) is 3.18. The zero-order valence-corrected chi connectivity index (χ0v) is 9.92. The Bertz CT molecular complexity index is 334. The van der Waals surface area contributed by atoms with Crippen molar-refractivity contribution < 1.29 is 17.9 Å². The maximum absolute atomic E-state index is 11.2. The van der Waals surface area contributed by atoms with Gasteiger partial charge in [0.1, 0.15) is 0 Å². The summed E-state index contributed by atoms with van der Waals surface area (Å²) >= 11 is 0. The van der Waals surface area contributed by atoms with Gasteiger partial charge in [-0.25, -0.2) is 8.42 Å². The lowest BCUT2D eigenvalue weighted by Gasteiger charge is -2.51. The van der Waals surface area contributed by atoms with Gasteiger partial charge in [-0.3, -0.25) is 0 Å². The van der Waals surface area contributed by atoms with Crippen LogP contribution in [0.4, 0.5) is 0 Å². The normalized spacial score (nSPS) is 31.5. The van der Waals surface area contributed by atoms with E-state index >= 15 is 0 Å². The summed E-state index contributed by atoms with van der Waals surface area (Å²) in [6.07, 6.45) is 3.14. The molecule has 0 N–H and O–H groups in total. The number of rotatable bonds is 2. The summed E-state index contributed by atoms with van der Waals surface area (Å²) in [6, 6.07) is 0. The molecular weight excluding hydrogens is 218 g/mol. The molecule has 0 aromatic carbocycles. The van der Waals surface area contributed by atoms with Crippen molar-refractivity contribution in [2.24, 2.45) is 0 Å². The standard InChI is InChI=1S/C9H17NO4S/c1-13-8-3-4-14-9(5-8)6-10(7-9)15(2,11)12/h8H,3-7H2,1-2H3/t8-/m0/s1. The minimum atomic E-state index is -3.05. The molecule has 2 aliphatic rings. The Balaban J connectivity index is 1.96. The lowest BCUT2D eigenvalue weighted by molar-refractivity contribution is -0.173. The summed E-state index contributed by atoms with van der Waals surface area (Å²) in [4.78, 5) is 0. The van der Waals surface area contributed by atoms with Gasteiger partial charge in [0.25, 0.3) is 0 Å². The monoisotopic (exact) mass is 235 g/mol. The van der Waals surface area contributed by atoms with Gasteiger partial charge < -0.3 is 9.47 Å². The molecule has 0 bridgehead atoms. The van der Waals surface area contributed by atoms with E-state index in [0.717, 1.165) is 12.8 Å². The summed E-state index contributed by atoms with van der Waals surface area (Å²) in [7, 11) is -1.36. The van der Waals surface area contributed by atoms with Crippen LogP contribution in [-0.2, 0) is 19.5 Å². The molecule has 0 radical (unpaired) electrons. The first-order valence-corrected chi connectivity index (χ1v) is 6.92. The molecule has 6 heteroatoms. The molecule has 2 saturated heterocycles. The average Bonchev–Trinajstić information content (AvgIpc) is 2.12. The Morgan fingerprint density at radius 2 is 2.13 bits per heavy atom. The zero-order chi connectivity index (χ0) is 11.1. The molecule has 2 aliphatic heterocycles. The molecular formula is C9H17NO4S. The number of hydrogen-bond acceptors (Lipinski definition) is 4. The molecule has 0 aromatic heterocycles. The van der Waals surface area contributed by atoms with Crippen LogP contribution in [0, 0.1) is 0 Å². The van der Waals surface area contributed by atoms with E-state index in [9.17, 15) is 8.42 Å². The molecule has 0 aromatic rings. The molecule has 2 fully saturated rings. The summed E-state index contributed by atoms with van der Waals surface area (Å²) in [5.41, 5.74) is -0.276. The largest absolute Gasteiger partial charge is 0.381 e. The molecule has 1 spiro atoms. The van der Waals surface area contributed by atoms with Crippen molar-refractivity contribution in [1.29, 1.82) is 0 Å². The first kappa shape index (κ1) is 11.3. The first-order chi connectivity index (χ1) is 6.95. The second kappa shape index (κ2) is 3.69. The smallest absolute Gasteiger partial charge is 0.211 e. The topological polar surface area (TPSA) is 55.8 Å². The number of ether oxygens (including phenoxy) is 2. The summed E-state index contributed by atoms with van der Waals surface area (Å²) in [6.45, 7) is 1.62. The maximum atomic E-state index is 11.2. The van der Waals surface area contributed by atoms with Crippen LogP contribution < -0.4 is 0 Å². The Labute approximate surface area is 90.4 Å². The second-order valence-corrected chi connectivity index (χ2v) is 6.40. The molecule has 5 nitrogen and oxygen atoms in total. The average molecular weight is 235 g/mol. The zero-order valence-electron chi connectivity index (χ0n) is 9.10. The maximum Gasteiger partial charge on any atom is 0.211 e. The third-order valence-corrected chi connectivity index (χ3v) is 4.38. The molecule has 0 unspecified atom stereocenters. The van der Waals surface area contributed by atoms with E-state index < -0.39 is 10.0 Å². The number of hydrogen-bond donors (Lipinski definition) is 0.